The predicted octanol–water partition coefficient (Wildman–Crippen LogP) is 2.04. The molecule has 7 heteroatoms. The number of carbonyl (C=O) groups excluding carboxylic acids is 1. The van der Waals surface area contributed by atoms with E-state index in [4.69, 9.17) is 5.11 Å². The number of aliphatic hydroxyl groups is 1. The van der Waals surface area contributed by atoms with Crippen molar-refractivity contribution < 1.29 is 14.8 Å². The number of thioether (sulfide) groups is 1. The fraction of sp³-hybridized carbons (Fsp3) is 0.417. The maximum absolute atomic E-state index is 11.6. The minimum Gasteiger partial charge on any atom is -0.396 e. The van der Waals surface area contributed by atoms with Crippen molar-refractivity contribution in [2.45, 2.75) is 18.6 Å². The van der Waals surface area contributed by atoms with Gasteiger partial charge in [0.25, 0.3) is 5.69 Å². The number of nitrogens with zero attached hydrogens (tertiary/aromatic N) is 1. The van der Waals surface area contributed by atoms with E-state index >= 15 is 0 Å². The summed E-state index contributed by atoms with van der Waals surface area (Å²) in [5.41, 5.74) is 0.523. The van der Waals surface area contributed by atoms with E-state index in [0.717, 1.165) is 0 Å². The molecule has 0 fully saturated rings. The van der Waals surface area contributed by atoms with E-state index in [9.17, 15) is 14.9 Å². The molecule has 1 rings (SSSR count). The number of hydrogen-bond acceptors (Lipinski definition) is 5. The first-order valence-electron chi connectivity index (χ1n) is 5.79. The van der Waals surface area contributed by atoms with Gasteiger partial charge in [0.1, 0.15) is 0 Å². The summed E-state index contributed by atoms with van der Waals surface area (Å²) in [6.07, 6.45) is 0.648. The molecule has 0 heterocycles. The number of non-ortho nitro benzene ring substituents is 1. The van der Waals surface area contributed by atoms with Crippen molar-refractivity contribution >= 4 is 29.0 Å². The first-order valence-corrected chi connectivity index (χ1v) is 6.84. The van der Waals surface area contributed by atoms with Gasteiger partial charge in [-0.25, -0.2) is 0 Å². The summed E-state index contributed by atoms with van der Waals surface area (Å²) in [7, 11) is 0. The Balaban J connectivity index is 2.42. The molecule has 0 radical (unpaired) electrons. The minimum atomic E-state index is -0.488. The summed E-state index contributed by atoms with van der Waals surface area (Å²) >= 11 is 1.46. The third-order valence-corrected chi connectivity index (χ3v) is 3.63. The number of benzene rings is 1. The first kappa shape index (κ1) is 15.5. The lowest BCUT2D eigenvalue weighted by Crippen LogP contribution is -2.16. The van der Waals surface area contributed by atoms with Gasteiger partial charge in [0.05, 0.1) is 10.7 Å². The summed E-state index contributed by atoms with van der Waals surface area (Å²) in [6.45, 7) is 2.05. The van der Waals surface area contributed by atoms with E-state index in [1.54, 1.807) is 0 Å². The van der Waals surface area contributed by atoms with Gasteiger partial charge in [0.2, 0.25) is 5.91 Å². The molecule has 1 amide bonds. The molecular formula is C12H16N2O4S. The average molecular weight is 284 g/mol. The van der Waals surface area contributed by atoms with Crippen LogP contribution in [0.1, 0.15) is 13.3 Å². The summed E-state index contributed by atoms with van der Waals surface area (Å²) < 4.78 is 0. The molecule has 1 aromatic carbocycles. The Morgan fingerprint density at radius 3 is 2.63 bits per heavy atom. The third kappa shape index (κ3) is 5.71. The van der Waals surface area contributed by atoms with Crippen molar-refractivity contribution in [1.82, 2.24) is 0 Å². The number of rotatable bonds is 7. The lowest BCUT2D eigenvalue weighted by atomic mass is 10.3. The number of anilines is 1. The Labute approximate surface area is 115 Å². The van der Waals surface area contributed by atoms with Crippen LogP contribution < -0.4 is 5.32 Å². The fourth-order valence-corrected chi connectivity index (χ4v) is 2.13. The summed E-state index contributed by atoms with van der Waals surface area (Å²) in [5, 5.41) is 22.1. The van der Waals surface area contributed by atoms with Crippen LogP contribution >= 0.6 is 11.8 Å². The number of hydrogen-bond donors (Lipinski definition) is 2. The molecule has 1 aromatic rings. The fourth-order valence-electron chi connectivity index (χ4n) is 1.35. The van der Waals surface area contributed by atoms with Crippen molar-refractivity contribution in [3.8, 4) is 0 Å². The molecule has 0 bridgehead atoms. The van der Waals surface area contributed by atoms with Gasteiger partial charge in [-0.15, -0.1) is 11.8 Å². The number of nitro benzene ring substituents is 1. The molecule has 104 valence electrons. The second kappa shape index (κ2) is 7.75. The van der Waals surface area contributed by atoms with Crippen LogP contribution in [0.25, 0.3) is 0 Å². The Kier molecular flexibility index (Phi) is 6.31. The van der Waals surface area contributed by atoms with Gasteiger partial charge in [-0.05, 0) is 18.6 Å². The van der Waals surface area contributed by atoms with Crippen LogP contribution in [0, 0.1) is 10.1 Å². The van der Waals surface area contributed by atoms with Gasteiger partial charge in [-0.3, -0.25) is 14.9 Å². The van der Waals surface area contributed by atoms with Crippen LogP contribution in [-0.4, -0.2) is 33.5 Å². The van der Waals surface area contributed by atoms with Crippen LogP contribution in [0.2, 0.25) is 0 Å². The van der Waals surface area contributed by atoms with Crippen LogP contribution in [-0.2, 0) is 4.79 Å². The highest BCUT2D eigenvalue weighted by Crippen LogP contribution is 2.17. The third-order valence-electron chi connectivity index (χ3n) is 2.40. The van der Waals surface area contributed by atoms with Crippen LogP contribution in [0.5, 0.6) is 0 Å². The Bertz CT molecular complexity index is 436. The topological polar surface area (TPSA) is 92.5 Å². The average Bonchev–Trinajstić information content (AvgIpc) is 2.37. The minimum absolute atomic E-state index is 0.0102. The molecule has 0 spiro atoms. The highest BCUT2D eigenvalue weighted by Gasteiger charge is 2.08. The molecule has 2 N–H and O–H groups in total. The zero-order valence-corrected chi connectivity index (χ0v) is 11.4. The second-order valence-electron chi connectivity index (χ2n) is 3.99. The highest BCUT2D eigenvalue weighted by atomic mass is 32.2. The molecule has 0 saturated carbocycles. The standard InChI is InChI=1S/C12H16N2O4S/c1-9(6-7-15)19-8-12(16)13-10-2-4-11(5-3-10)14(17)18/h2-5,9,15H,6-8H2,1H3,(H,13,16). The van der Waals surface area contributed by atoms with E-state index in [2.05, 4.69) is 5.32 Å². The molecular weight excluding hydrogens is 268 g/mol. The summed E-state index contributed by atoms with van der Waals surface area (Å²) in [5.74, 6) is 0.127. The second-order valence-corrected chi connectivity index (χ2v) is 5.41. The predicted molar refractivity (Wildman–Crippen MR) is 75.3 cm³/mol. The van der Waals surface area contributed by atoms with Gasteiger partial charge in [-0.1, -0.05) is 6.92 Å². The van der Waals surface area contributed by atoms with Crippen LogP contribution in [0.15, 0.2) is 24.3 Å². The van der Waals surface area contributed by atoms with Gasteiger partial charge in [-0.2, -0.15) is 0 Å². The zero-order chi connectivity index (χ0) is 14.3. The largest absolute Gasteiger partial charge is 0.396 e. The number of carbonyl (C=O) groups is 1. The lowest BCUT2D eigenvalue weighted by Gasteiger charge is -2.09. The molecule has 0 aliphatic carbocycles. The molecule has 19 heavy (non-hydrogen) atoms. The molecule has 0 aliphatic rings. The number of amides is 1. The SMILES string of the molecule is CC(CCO)SCC(=O)Nc1ccc([N+](=O)[O-])cc1. The molecule has 0 aromatic heterocycles. The van der Waals surface area contributed by atoms with Crippen molar-refractivity contribution in [2.75, 3.05) is 17.7 Å². The maximum Gasteiger partial charge on any atom is 0.269 e. The van der Waals surface area contributed by atoms with E-state index in [-0.39, 0.29) is 29.2 Å². The van der Waals surface area contributed by atoms with Crippen molar-refractivity contribution in [1.29, 1.82) is 0 Å². The van der Waals surface area contributed by atoms with Gasteiger partial charge >= 0.3 is 0 Å². The Morgan fingerprint density at radius 1 is 1.47 bits per heavy atom. The van der Waals surface area contributed by atoms with Gasteiger partial charge in [0, 0.05) is 29.7 Å². The maximum atomic E-state index is 11.6. The van der Waals surface area contributed by atoms with E-state index in [0.29, 0.717) is 12.1 Å². The highest BCUT2D eigenvalue weighted by molar-refractivity contribution is 8.00. The monoisotopic (exact) mass is 284 g/mol. The van der Waals surface area contributed by atoms with E-state index in [1.807, 2.05) is 6.92 Å². The molecule has 6 nitrogen and oxygen atoms in total. The molecule has 0 saturated heterocycles. The van der Waals surface area contributed by atoms with Crippen molar-refractivity contribution in [2.24, 2.45) is 0 Å². The summed E-state index contributed by atoms with van der Waals surface area (Å²) in [4.78, 5) is 21.6. The lowest BCUT2D eigenvalue weighted by molar-refractivity contribution is -0.384. The number of aliphatic hydroxyl groups excluding tert-OH is 1. The normalized spacial score (nSPS) is 11.9. The van der Waals surface area contributed by atoms with Crippen LogP contribution in [0.4, 0.5) is 11.4 Å². The van der Waals surface area contributed by atoms with Crippen LogP contribution in [0.3, 0.4) is 0 Å². The molecule has 1 unspecified atom stereocenters. The number of nitro groups is 1. The first-order chi connectivity index (χ1) is 9.02. The van der Waals surface area contributed by atoms with Gasteiger partial charge in [0.15, 0.2) is 0 Å². The van der Waals surface area contributed by atoms with Gasteiger partial charge < -0.3 is 10.4 Å². The Morgan fingerprint density at radius 2 is 2.11 bits per heavy atom. The Hall–Kier alpha value is -1.60. The van der Waals surface area contributed by atoms with E-state index < -0.39 is 4.92 Å². The zero-order valence-electron chi connectivity index (χ0n) is 10.5. The summed E-state index contributed by atoms with van der Waals surface area (Å²) in [6, 6.07) is 5.68. The molecule has 1 atom stereocenters. The van der Waals surface area contributed by atoms with E-state index in [1.165, 1.54) is 36.0 Å². The van der Waals surface area contributed by atoms with Crippen molar-refractivity contribution in [3.05, 3.63) is 34.4 Å². The smallest absolute Gasteiger partial charge is 0.269 e. The molecule has 0 aliphatic heterocycles. The number of nitrogens with one attached hydrogen (secondary N) is 1. The quantitative estimate of drug-likeness (QED) is 0.590. The van der Waals surface area contributed by atoms with Crippen molar-refractivity contribution in [3.63, 3.8) is 0 Å².